The van der Waals surface area contributed by atoms with Crippen LogP contribution in [0.2, 0.25) is 0 Å². The SMILES string of the molecule is CN(C)C1(CNC(=O)c2cc(Br)cn2C2CC2)CCC1. The first-order valence-electron chi connectivity index (χ1n) is 7.35. The van der Waals surface area contributed by atoms with Gasteiger partial charge in [-0.2, -0.15) is 0 Å². The van der Waals surface area contributed by atoms with Crippen molar-refractivity contribution in [3.63, 3.8) is 0 Å². The van der Waals surface area contributed by atoms with Crippen molar-refractivity contribution in [2.45, 2.75) is 43.7 Å². The standard InChI is InChI=1S/C15H22BrN3O/c1-18(2)15(6-3-7-15)10-17-14(20)13-8-11(16)9-19(13)12-4-5-12/h8-9,12H,3-7,10H2,1-2H3,(H,17,20). The molecule has 1 amide bonds. The van der Waals surface area contributed by atoms with Crippen LogP contribution in [-0.2, 0) is 0 Å². The number of aromatic nitrogens is 1. The molecule has 110 valence electrons. The van der Waals surface area contributed by atoms with E-state index >= 15 is 0 Å². The first-order valence-corrected chi connectivity index (χ1v) is 8.14. The number of likely N-dealkylation sites (N-methyl/N-ethyl adjacent to an activating group) is 1. The molecule has 1 N–H and O–H groups in total. The fraction of sp³-hybridized carbons (Fsp3) is 0.667. The molecular formula is C15H22BrN3O. The lowest BCUT2D eigenvalue weighted by Crippen LogP contribution is -2.57. The van der Waals surface area contributed by atoms with E-state index in [1.807, 2.05) is 12.3 Å². The van der Waals surface area contributed by atoms with Gasteiger partial charge in [-0.25, -0.2) is 0 Å². The van der Waals surface area contributed by atoms with E-state index in [4.69, 9.17) is 0 Å². The van der Waals surface area contributed by atoms with Crippen LogP contribution in [0.3, 0.4) is 0 Å². The Hall–Kier alpha value is -0.810. The molecule has 3 rings (SSSR count). The maximum atomic E-state index is 12.4. The molecule has 5 heteroatoms. The molecule has 4 nitrogen and oxygen atoms in total. The maximum Gasteiger partial charge on any atom is 0.268 e. The summed E-state index contributed by atoms with van der Waals surface area (Å²) in [5, 5.41) is 3.14. The Bertz CT molecular complexity index is 515. The summed E-state index contributed by atoms with van der Waals surface area (Å²) in [7, 11) is 4.21. The van der Waals surface area contributed by atoms with Crippen molar-refractivity contribution in [1.29, 1.82) is 0 Å². The van der Waals surface area contributed by atoms with Crippen molar-refractivity contribution in [2.24, 2.45) is 0 Å². The summed E-state index contributed by atoms with van der Waals surface area (Å²) in [5.74, 6) is 0.0516. The number of hydrogen-bond donors (Lipinski definition) is 1. The van der Waals surface area contributed by atoms with Crippen LogP contribution in [0.4, 0.5) is 0 Å². The van der Waals surface area contributed by atoms with E-state index in [1.54, 1.807) is 0 Å². The van der Waals surface area contributed by atoms with Crippen molar-refractivity contribution in [3.05, 3.63) is 22.4 Å². The monoisotopic (exact) mass is 339 g/mol. The predicted octanol–water partition coefficient (Wildman–Crippen LogP) is 2.80. The van der Waals surface area contributed by atoms with Crippen LogP contribution in [0.1, 0.15) is 48.6 Å². The van der Waals surface area contributed by atoms with Crippen LogP contribution >= 0.6 is 15.9 Å². The van der Waals surface area contributed by atoms with Crippen molar-refractivity contribution < 1.29 is 4.79 Å². The van der Waals surface area contributed by atoms with E-state index in [2.05, 4.69) is 44.8 Å². The Labute approximate surface area is 128 Å². The van der Waals surface area contributed by atoms with Crippen LogP contribution in [0, 0.1) is 0 Å². The molecule has 2 aliphatic rings. The molecule has 1 aromatic heterocycles. The lowest BCUT2D eigenvalue weighted by Gasteiger charge is -2.47. The molecule has 0 unspecified atom stereocenters. The summed E-state index contributed by atoms with van der Waals surface area (Å²) >= 11 is 3.48. The van der Waals surface area contributed by atoms with Crippen molar-refractivity contribution in [2.75, 3.05) is 20.6 Å². The Morgan fingerprint density at radius 3 is 2.70 bits per heavy atom. The third-order valence-electron chi connectivity index (χ3n) is 4.80. The molecular weight excluding hydrogens is 318 g/mol. The Kier molecular flexibility index (Phi) is 3.67. The highest BCUT2D eigenvalue weighted by Crippen LogP contribution is 2.38. The lowest BCUT2D eigenvalue weighted by atomic mass is 9.75. The van der Waals surface area contributed by atoms with E-state index in [-0.39, 0.29) is 11.4 Å². The summed E-state index contributed by atoms with van der Waals surface area (Å²) < 4.78 is 3.10. The van der Waals surface area contributed by atoms with E-state index in [1.165, 1.54) is 32.1 Å². The molecule has 0 saturated heterocycles. The molecule has 2 fully saturated rings. The van der Waals surface area contributed by atoms with Gasteiger partial charge < -0.3 is 14.8 Å². The van der Waals surface area contributed by atoms with E-state index in [0.717, 1.165) is 16.7 Å². The van der Waals surface area contributed by atoms with Crippen molar-refractivity contribution in [3.8, 4) is 0 Å². The Morgan fingerprint density at radius 1 is 1.50 bits per heavy atom. The molecule has 1 heterocycles. The van der Waals surface area contributed by atoms with E-state index < -0.39 is 0 Å². The molecule has 2 aliphatic carbocycles. The van der Waals surface area contributed by atoms with Gasteiger partial charge >= 0.3 is 0 Å². The molecule has 0 aliphatic heterocycles. The number of carbonyl (C=O) groups is 1. The second-order valence-electron chi connectivity index (χ2n) is 6.34. The second kappa shape index (κ2) is 5.19. The highest BCUT2D eigenvalue weighted by atomic mass is 79.9. The highest BCUT2D eigenvalue weighted by molar-refractivity contribution is 9.10. The first-order chi connectivity index (χ1) is 9.52. The maximum absolute atomic E-state index is 12.4. The van der Waals surface area contributed by atoms with Crippen molar-refractivity contribution in [1.82, 2.24) is 14.8 Å². The predicted molar refractivity (Wildman–Crippen MR) is 83.0 cm³/mol. The van der Waals surface area contributed by atoms with Crippen LogP contribution < -0.4 is 5.32 Å². The number of halogens is 1. The number of amides is 1. The molecule has 0 atom stereocenters. The third-order valence-corrected chi connectivity index (χ3v) is 5.23. The Balaban J connectivity index is 1.67. The summed E-state index contributed by atoms with van der Waals surface area (Å²) in [4.78, 5) is 14.7. The number of nitrogens with zero attached hydrogens (tertiary/aromatic N) is 2. The smallest absolute Gasteiger partial charge is 0.268 e. The van der Waals surface area contributed by atoms with Crippen molar-refractivity contribution >= 4 is 21.8 Å². The molecule has 0 bridgehead atoms. The van der Waals surface area contributed by atoms with Gasteiger partial charge in [0.15, 0.2) is 0 Å². The molecule has 2 saturated carbocycles. The fourth-order valence-electron chi connectivity index (χ4n) is 2.98. The zero-order valence-electron chi connectivity index (χ0n) is 12.2. The minimum absolute atomic E-state index is 0.0516. The van der Waals surface area contributed by atoms with Crippen LogP contribution in [0.5, 0.6) is 0 Å². The van der Waals surface area contributed by atoms with Gasteiger partial charge in [-0.05, 0) is 68.2 Å². The van der Waals surface area contributed by atoms with Crippen LogP contribution in [-0.4, -0.2) is 41.6 Å². The average molecular weight is 340 g/mol. The van der Waals surface area contributed by atoms with Gasteiger partial charge in [0.1, 0.15) is 5.69 Å². The highest BCUT2D eigenvalue weighted by Gasteiger charge is 2.39. The average Bonchev–Trinajstić information content (AvgIpc) is 3.10. The summed E-state index contributed by atoms with van der Waals surface area (Å²) in [6, 6.07) is 2.45. The number of hydrogen-bond acceptors (Lipinski definition) is 2. The molecule has 0 aromatic carbocycles. The summed E-state index contributed by atoms with van der Waals surface area (Å²) in [6.45, 7) is 0.742. The molecule has 0 spiro atoms. The number of rotatable bonds is 5. The van der Waals surface area contributed by atoms with Gasteiger partial charge in [-0.3, -0.25) is 4.79 Å². The van der Waals surface area contributed by atoms with Gasteiger partial charge in [0.05, 0.1) is 0 Å². The second-order valence-corrected chi connectivity index (χ2v) is 7.25. The number of nitrogens with one attached hydrogen (secondary N) is 1. The zero-order valence-corrected chi connectivity index (χ0v) is 13.7. The minimum Gasteiger partial charge on any atom is -0.349 e. The fourth-order valence-corrected chi connectivity index (χ4v) is 3.42. The van der Waals surface area contributed by atoms with Crippen LogP contribution in [0.25, 0.3) is 0 Å². The largest absolute Gasteiger partial charge is 0.349 e. The topological polar surface area (TPSA) is 37.3 Å². The van der Waals surface area contributed by atoms with Gasteiger partial charge in [0.25, 0.3) is 5.91 Å². The Morgan fingerprint density at radius 2 is 2.20 bits per heavy atom. The van der Waals surface area contributed by atoms with Crippen LogP contribution in [0.15, 0.2) is 16.7 Å². The number of carbonyl (C=O) groups excluding carboxylic acids is 1. The zero-order chi connectivity index (χ0) is 14.3. The first kappa shape index (κ1) is 14.1. The quantitative estimate of drug-likeness (QED) is 0.895. The minimum atomic E-state index is 0.0516. The van der Waals surface area contributed by atoms with Gasteiger partial charge in [-0.1, -0.05) is 0 Å². The van der Waals surface area contributed by atoms with Gasteiger partial charge in [0.2, 0.25) is 0 Å². The van der Waals surface area contributed by atoms with Gasteiger partial charge in [0, 0.05) is 28.8 Å². The van der Waals surface area contributed by atoms with E-state index in [0.29, 0.717) is 6.04 Å². The third kappa shape index (κ3) is 2.53. The summed E-state index contributed by atoms with van der Waals surface area (Å²) in [6.07, 6.45) is 8.00. The van der Waals surface area contributed by atoms with Gasteiger partial charge in [-0.15, -0.1) is 0 Å². The molecule has 1 aromatic rings. The normalized spacial score (nSPS) is 20.8. The summed E-state index contributed by atoms with van der Waals surface area (Å²) in [5.41, 5.74) is 0.955. The molecule has 0 radical (unpaired) electrons. The lowest BCUT2D eigenvalue weighted by molar-refractivity contribution is 0.0555. The van der Waals surface area contributed by atoms with E-state index in [9.17, 15) is 4.79 Å². The molecule has 20 heavy (non-hydrogen) atoms.